The van der Waals surface area contributed by atoms with Crippen LogP contribution in [0.3, 0.4) is 0 Å². The molecule has 4 heterocycles. The molecule has 5 rings (SSSR count). The van der Waals surface area contributed by atoms with Gasteiger partial charge in [0, 0.05) is 43.2 Å². The lowest BCUT2D eigenvalue weighted by Gasteiger charge is -2.39. The van der Waals surface area contributed by atoms with Crippen LogP contribution in [-0.2, 0) is 23.1 Å². The highest BCUT2D eigenvalue weighted by atomic mass is 32.1. The number of amides is 4. The van der Waals surface area contributed by atoms with Crippen molar-refractivity contribution in [2.24, 2.45) is 12.8 Å². The number of nitrogens with one attached hydrogen (secondary N) is 3. The summed E-state index contributed by atoms with van der Waals surface area (Å²) in [4.78, 5) is 57.8. The van der Waals surface area contributed by atoms with E-state index in [4.69, 9.17) is 5.73 Å². The van der Waals surface area contributed by atoms with Gasteiger partial charge < -0.3 is 26.3 Å². The number of aryl methyl sites for hydroxylation is 3. The van der Waals surface area contributed by atoms with Gasteiger partial charge in [0.1, 0.15) is 22.7 Å². The van der Waals surface area contributed by atoms with Gasteiger partial charge in [-0.1, -0.05) is 22.7 Å². The highest BCUT2D eigenvalue weighted by molar-refractivity contribution is 7.08. The number of hydrogen-bond acceptors (Lipinski definition) is 8. The zero-order valence-electron chi connectivity index (χ0n) is 22.9. The highest BCUT2D eigenvalue weighted by Crippen LogP contribution is 2.23. The number of fused-ring (bicyclic) bond motifs is 1. The van der Waals surface area contributed by atoms with E-state index in [9.17, 15) is 19.2 Å². The molecule has 13 nitrogen and oxygen atoms in total. The molecule has 41 heavy (non-hydrogen) atoms. The molecule has 1 fully saturated rings. The van der Waals surface area contributed by atoms with E-state index in [0.29, 0.717) is 28.4 Å². The maximum atomic E-state index is 13.8. The lowest BCUT2D eigenvalue weighted by molar-refractivity contribution is -0.131. The molecule has 1 aliphatic heterocycles. The lowest BCUT2D eigenvalue weighted by atomic mass is 9.95. The van der Waals surface area contributed by atoms with Gasteiger partial charge in [-0.3, -0.25) is 23.9 Å². The molecule has 0 radical (unpaired) electrons. The van der Waals surface area contributed by atoms with E-state index >= 15 is 0 Å². The largest absolute Gasteiger partial charge is 0.368 e. The Labute approximate surface area is 239 Å². The van der Waals surface area contributed by atoms with Crippen LogP contribution in [0.1, 0.15) is 50.0 Å². The summed E-state index contributed by atoms with van der Waals surface area (Å²) in [6, 6.07) is 6.90. The number of rotatable bonds is 8. The molecule has 3 aromatic heterocycles. The zero-order valence-corrected chi connectivity index (χ0v) is 23.7. The second-order valence-corrected chi connectivity index (χ2v) is 11.0. The first kappa shape index (κ1) is 28.0. The minimum Gasteiger partial charge on any atom is -0.368 e. The number of H-pyrrole nitrogens is 1. The van der Waals surface area contributed by atoms with Crippen molar-refractivity contribution in [2.45, 2.75) is 51.2 Å². The maximum Gasteiger partial charge on any atom is 0.272 e. The van der Waals surface area contributed by atoms with Crippen molar-refractivity contribution in [3.63, 3.8) is 0 Å². The van der Waals surface area contributed by atoms with Gasteiger partial charge in [0.25, 0.3) is 11.8 Å². The van der Waals surface area contributed by atoms with Gasteiger partial charge in [-0.15, -0.1) is 5.10 Å². The van der Waals surface area contributed by atoms with Crippen molar-refractivity contribution in [1.82, 2.24) is 39.9 Å². The third kappa shape index (κ3) is 5.82. The SMILES string of the molecule is Cc1cc(C(=O)N2CCC(NC(=O)c3snnc3C)CC2C(=O)NC(Cc2c[nH]c3ccccc23)C(N)=O)n(C)n1. The number of carbonyl (C=O) groups is 4. The van der Waals surface area contributed by atoms with Crippen LogP contribution < -0.4 is 16.4 Å². The Morgan fingerprint density at radius 1 is 1.22 bits per heavy atom. The van der Waals surface area contributed by atoms with Gasteiger partial charge in [-0.25, -0.2) is 0 Å². The summed E-state index contributed by atoms with van der Waals surface area (Å²) in [7, 11) is 1.66. The Hall–Kier alpha value is -4.59. The molecule has 0 bridgehead atoms. The van der Waals surface area contributed by atoms with E-state index in [2.05, 4.69) is 30.3 Å². The molecular formula is C27H31N9O4S. The first-order valence-corrected chi connectivity index (χ1v) is 14.0. The highest BCUT2D eigenvalue weighted by Gasteiger charge is 2.39. The van der Waals surface area contributed by atoms with E-state index < -0.39 is 29.9 Å². The number of hydrogen-bond donors (Lipinski definition) is 4. The minimum absolute atomic E-state index is 0.143. The fraction of sp³-hybridized carbons (Fsp3) is 0.370. The van der Waals surface area contributed by atoms with Crippen molar-refractivity contribution in [1.29, 1.82) is 0 Å². The van der Waals surface area contributed by atoms with E-state index in [1.807, 2.05) is 24.3 Å². The van der Waals surface area contributed by atoms with Crippen LogP contribution in [-0.4, -0.2) is 77.6 Å². The number of likely N-dealkylation sites (tertiary alicyclic amines) is 1. The molecule has 1 aromatic carbocycles. The normalized spacial score (nSPS) is 17.8. The number of aromatic nitrogens is 5. The topological polar surface area (TPSA) is 181 Å². The molecular weight excluding hydrogens is 546 g/mol. The number of aromatic amines is 1. The summed E-state index contributed by atoms with van der Waals surface area (Å²) in [6.45, 7) is 3.68. The summed E-state index contributed by atoms with van der Waals surface area (Å²) < 4.78 is 5.29. The predicted molar refractivity (Wildman–Crippen MR) is 151 cm³/mol. The molecule has 1 aliphatic rings. The van der Waals surface area contributed by atoms with Crippen LogP contribution in [0.2, 0.25) is 0 Å². The van der Waals surface area contributed by atoms with E-state index in [-0.39, 0.29) is 31.2 Å². The molecule has 214 valence electrons. The number of carbonyl (C=O) groups excluding carboxylic acids is 4. The molecule has 0 aliphatic carbocycles. The van der Waals surface area contributed by atoms with E-state index in [1.165, 1.54) is 9.58 Å². The number of nitrogens with zero attached hydrogens (tertiary/aromatic N) is 5. The minimum atomic E-state index is -1.02. The van der Waals surface area contributed by atoms with E-state index in [1.54, 1.807) is 33.2 Å². The van der Waals surface area contributed by atoms with Gasteiger partial charge in [0.15, 0.2) is 0 Å². The van der Waals surface area contributed by atoms with Gasteiger partial charge in [0.2, 0.25) is 11.8 Å². The van der Waals surface area contributed by atoms with Crippen molar-refractivity contribution < 1.29 is 19.2 Å². The maximum absolute atomic E-state index is 13.8. The number of primary amides is 1. The zero-order chi connectivity index (χ0) is 29.3. The van der Waals surface area contributed by atoms with Gasteiger partial charge in [-0.05, 0) is 55.9 Å². The standard InChI is InChI=1S/C27H31N9O4S/c1-14-10-22(35(3)33-14)27(40)36-9-8-17(30-26(39)23-15(2)32-34-41-23)12-21(36)25(38)31-20(24(28)37)11-16-13-29-19-7-5-4-6-18(16)19/h4-7,10,13,17,20-21,29H,8-9,11-12H2,1-3H3,(H2,28,37)(H,30,39)(H,31,38). The molecule has 4 aromatic rings. The molecule has 3 unspecified atom stereocenters. The van der Waals surface area contributed by atoms with Crippen molar-refractivity contribution in [3.8, 4) is 0 Å². The Morgan fingerprint density at radius 3 is 2.68 bits per heavy atom. The molecule has 5 N–H and O–H groups in total. The predicted octanol–water partition coefficient (Wildman–Crippen LogP) is 0.986. The van der Waals surface area contributed by atoms with Crippen molar-refractivity contribution >= 4 is 46.1 Å². The molecule has 0 spiro atoms. The Morgan fingerprint density at radius 2 is 2.00 bits per heavy atom. The average Bonchev–Trinajstić information content (AvgIpc) is 3.65. The molecule has 4 amide bonds. The molecule has 14 heteroatoms. The first-order valence-electron chi connectivity index (χ1n) is 13.2. The first-order chi connectivity index (χ1) is 19.6. The Kier molecular flexibility index (Phi) is 7.83. The number of piperidine rings is 1. The number of para-hydroxylation sites is 1. The quantitative estimate of drug-likeness (QED) is 0.241. The fourth-order valence-electron chi connectivity index (χ4n) is 5.25. The van der Waals surface area contributed by atoms with Gasteiger partial charge >= 0.3 is 0 Å². The monoisotopic (exact) mass is 577 g/mol. The second kappa shape index (κ2) is 11.5. The fourth-order valence-corrected chi connectivity index (χ4v) is 5.81. The van der Waals surface area contributed by atoms with Crippen LogP contribution in [0.15, 0.2) is 36.5 Å². The van der Waals surface area contributed by atoms with Crippen LogP contribution in [0.25, 0.3) is 10.9 Å². The van der Waals surface area contributed by atoms with Crippen molar-refractivity contribution in [2.75, 3.05) is 6.54 Å². The molecule has 1 saturated heterocycles. The van der Waals surface area contributed by atoms with Crippen LogP contribution >= 0.6 is 11.5 Å². The Bertz CT molecular complexity index is 1620. The second-order valence-electron chi connectivity index (χ2n) is 10.2. The number of benzene rings is 1. The summed E-state index contributed by atoms with van der Waals surface area (Å²) >= 11 is 0.993. The Balaban J connectivity index is 1.38. The molecule has 3 atom stereocenters. The summed E-state index contributed by atoms with van der Waals surface area (Å²) in [5.74, 6) is -1.93. The summed E-state index contributed by atoms with van der Waals surface area (Å²) in [5, 5.41) is 14.8. The molecule has 0 saturated carbocycles. The van der Waals surface area contributed by atoms with Crippen LogP contribution in [0, 0.1) is 13.8 Å². The third-order valence-electron chi connectivity index (χ3n) is 7.34. The third-order valence-corrected chi connectivity index (χ3v) is 8.17. The van der Waals surface area contributed by atoms with Crippen LogP contribution in [0.5, 0.6) is 0 Å². The van der Waals surface area contributed by atoms with Gasteiger partial charge in [0.05, 0.1) is 11.4 Å². The summed E-state index contributed by atoms with van der Waals surface area (Å²) in [5.41, 5.74) is 8.96. The number of nitrogens with two attached hydrogens (primary N) is 1. The average molecular weight is 578 g/mol. The van der Waals surface area contributed by atoms with Gasteiger partial charge in [-0.2, -0.15) is 5.10 Å². The van der Waals surface area contributed by atoms with E-state index in [0.717, 1.165) is 28.0 Å². The van der Waals surface area contributed by atoms with Crippen molar-refractivity contribution in [3.05, 3.63) is 64.1 Å². The lowest BCUT2D eigenvalue weighted by Crippen LogP contribution is -2.60. The van der Waals surface area contributed by atoms with Crippen LogP contribution in [0.4, 0.5) is 0 Å². The summed E-state index contributed by atoms with van der Waals surface area (Å²) in [6.07, 6.45) is 2.53. The smallest absolute Gasteiger partial charge is 0.272 e.